The monoisotopic (exact) mass is 674 g/mol. The van der Waals surface area contributed by atoms with Gasteiger partial charge in [-0.25, -0.2) is 0 Å². The quantitative estimate of drug-likeness (QED) is 0.162. The molecule has 52 heavy (non-hydrogen) atoms. The fourth-order valence-electron chi connectivity index (χ4n) is 10.5. The Balaban J connectivity index is 1.30. The topological polar surface area (TPSA) is 19.6 Å². The summed E-state index contributed by atoms with van der Waals surface area (Å²) in [6.45, 7) is 16.7. The Hall–Kier alpha value is -5.22. The van der Waals surface area contributed by atoms with Crippen LogP contribution in [0, 0.1) is 6.92 Å². The molecule has 6 aromatic carbocycles. The molecule has 0 atom stereocenters. The van der Waals surface area contributed by atoms with E-state index < -0.39 is 0 Å². The molecule has 0 amide bonds. The van der Waals surface area contributed by atoms with Gasteiger partial charge in [0.15, 0.2) is 5.58 Å². The molecule has 4 aliphatic rings. The number of rotatable bonds is 1. The highest BCUT2D eigenvalue weighted by atomic mass is 16.3. The second-order valence-corrected chi connectivity index (χ2v) is 17.7. The molecule has 0 spiro atoms. The molecule has 0 N–H and O–H groups in total. The maximum atomic E-state index is 6.97. The van der Waals surface area contributed by atoms with Crippen LogP contribution in [-0.2, 0) is 16.2 Å². The normalized spacial score (nSPS) is 18.1. The Kier molecular flexibility index (Phi) is 5.73. The summed E-state index contributed by atoms with van der Waals surface area (Å²) in [6, 6.07) is 41.5. The van der Waals surface area contributed by atoms with Crippen LogP contribution in [0.3, 0.4) is 0 Å². The van der Waals surface area contributed by atoms with E-state index in [9.17, 15) is 0 Å². The van der Waals surface area contributed by atoms with E-state index >= 15 is 0 Å². The third-order valence-electron chi connectivity index (χ3n) is 13.3. The van der Waals surface area contributed by atoms with Crippen molar-refractivity contribution < 1.29 is 4.42 Å². The second-order valence-electron chi connectivity index (χ2n) is 17.7. The fraction of sp³-hybridized carbons (Fsp3) is 0.250. The summed E-state index contributed by atoms with van der Waals surface area (Å²) >= 11 is 0. The lowest BCUT2D eigenvalue weighted by atomic mass is 9.42. The van der Waals surface area contributed by atoms with Crippen molar-refractivity contribution in [2.45, 2.75) is 77.6 Å². The van der Waals surface area contributed by atoms with E-state index in [1.54, 1.807) is 0 Å². The highest BCUT2D eigenvalue weighted by Gasteiger charge is 2.50. The standard InChI is InChI=1S/C48H43BN2O/c1-28-25-33-31-20-21-32-30-13-8-11-18-41(30)52-45(32)43(31)51(29-19-22-34-37(27-29)47(4,5)24-23-46(34,2)3)49-38-16-12-15-36-44(38)50(40(26-28)42(33)49)39-17-10-9-14-35(39)48(36,6)7/h8-22,25-27H,23-24H2,1-7H3. The van der Waals surface area contributed by atoms with E-state index in [1.165, 1.54) is 85.5 Å². The van der Waals surface area contributed by atoms with Crippen LogP contribution in [-0.4, -0.2) is 6.85 Å². The molecule has 0 saturated carbocycles. The fourth-order valence-corrected chi connectivity index (χ4v) is 10.5. The molecule has 11 rings (SSSR count). The molecule has 1 aliphatic carbocycles. The van der Waals surface area contributed by atoms with E-state index in [1.807, 2.05) is 0 Å². The Morgan fingerprint density at radius 1 is 0.596 bits per heavy atom. The van der Waals surface area contributed by atoms with Gasteiger partial charge in [0.25, 0.3) is 0 Å². The number of hydrogen-bond acceptors (Lipinski definition) is 3. The summed E-state index contributed by atoms with van der Waals surface area (Å²) in [5.74, 6) is 0. The molecule has 7 aromatic rings. The lowest BCUT2D eigenvalue weighted by molar-refractivity contribution is 0.332. The van der Waals surface area contributed by atoms with Gasteiger partial charge in [-0.1, -0.05) is 114 Å². The molecular formula is C48H43BN2O. The van der Waals surface area contributed by atoms with Crippen LogP contribution < -0.4 is 20.6 Å². The Morgan fingerprint density at radius 3 is 2.19 bits per heavy atom. The molecule has 0 radical (unpaired) electrons. The zero-order chi connectivity index (χ0) is 35.5. The minimum Gasteiger partial charge on any atom is -0.454 e. The lowest BCUT2D eigenvalue weighted by Gasteiger charge is -2.50. The maximum absolute atomic E-state index is 6.97. The number of hydrogen-bond donors (Lipinski definition) is 0. The van der Waals surface area contributed by atoms with Gasteiger partial charge in [0.05, 0.1) is 11.4 Å². The van der Waals surface area contributed by atoms with Crippen LogP contribution in [0.5, 0.6) is 0 Å². The van der Waals surface area contributed by atoms with Crippen LogP contribution in [0.15, 0.2) is 114 Å². The number of para-hydroxylation sites is 3. The van der Waals surface area contributed by atoms with E-state index in [0.717, 1.165) is 27.6 Å². The van der Waals surface area contributed by atoms with Crippen molar-refractivity contribution in [3.8, 4) is 11.1 Å². The predicted molar refractivity (Wildman–Crippen MR) is 220 cm³/mol. The molecule has 0 fully saturated rings. The first-order chi connectivity index (χ1) is 25.0. The van der Waals surface area contributed by atoms with Crippen molar-refractivity contribution >= 4 is 68.1 Å². The third kappa shape index (κ3) is 3.73. The molecule has 0 bridgehead atoms. The molecule has 4 heterocycles. The Bertz CT molecular complexity index is 2710. The number of furan rings is 1. The molecule has 4 heteroatoms. The first-order valence-electron chi connectivity index (χ1n) is 19.0. The summed E-state index contributed by atoms with van der Waals surface area (Å²) in [7, 11) is 0. The number of anilines is 5. The average molecular weight is 675 g/mol. The zero-order valence-electron chi connectivity index (χ0n) is 31.2. The molecule has 0 saturated heterocycles. The number of benzene rings is 6. The Morgan fingerprint density at radius 2 is 1.35 bits per heavy atom. The lowest BCUT2D eigenvalue weighted by Crippen LogP contribution is -2.62. The summed E-state index contributed by atoms with van der Waals surface area (Å²) in [5, 5.41) is 2.33. The highest BCUT2D eigenvalue weighted by molar-refractivity contribution is 6.94. The molecule has 254 valence electrons. The van der Waals surface area contributed by atoms with Crippen molar-refractivity contribution in [3.05, 3.63) is 137 Å². The van der Waals surface area contributed by atoms with Crippen molar-refractivity contribution in [2.24, 2.45) is 0 Å². The van der Waals surface area contributed by atoms with Gasteiger partial charge in [-0.15, -0.1) is 0 Å². The van der Waals surface area contributed by atoms with Gasteiger partial charge in [-0.05, 0) is 111 Å². The van der Waals surface area contributed by atoms with E-state index in [4.69, 9.17) is 4.42 Å². The van der Waals surface area contributed by atoms with Gasteiger partial charge in [0.2, 0.25) is 0 Å². The smallest absolute Gasteiger partial charge is 0.333 e. The van der Waals surface area contributed by atoms with E-state index in [0.29, 0.717) is 0 Å². The van der Waals surface area contributed by atoms with E-state index in [2.05, 4.69) is 167 Å². The van der Waals surface area contributed by atoms with Crippen molar-refractivity contribution in [2.75, 3.05) is 9.71 Å². The first kappa shape index (κ1) is 30.4. The SMILES string of the molecule is Cc1cc2c3c(c1)N1c4ccccc4C(C)(C)c4cccc(c41)B3N(c1ccc3c(c1)C(C)(C)CCC3(C)C)c1c-2ccc2c1oc1ccccc12. The van der Waals surface area contributed by atoms with Crippen LogP contribution >= 0.6 is 0 Å². The van der Waals surface area contributed by atoms with Gasteiger partial charge < -0.3 is 14.1 Å². The number of nitrogens with zero attached hydrogens (tertiary/aromatic N) is 2. The summed E-state index contributed by atoms with van der Waals surface area (Å²) in [6.07, 6.45) is 2.37. The Labute approximate surface area is 307 Å². The van der Waals surface area contributed by atoms with Crippen molar-refractivity contribution in [1.82, 2.24) is 0 Å². The van der Waals surface area contributed by atoms with Crippen molar-refractivity contribution in [1.29, 1.82) is 0 Å². The van der Waals surface area contributed by atoms with Gasteiger partial charge >= 0.3 is 6.85 Å². The highest BCUT2D eigenvalue weighted by Crippen LogP contribution is 2.56. The molecule has 0 unspecified atom stereocenters. The van der Waals surface area contributed by atoms with Gasteiger partial charge in [0.1, 0.15) is 5.58 Å². The first-order valence-corrected chi connectivity index (χ1v) is 19.0. The molecule has 3 nitrogen and oxygen atoms in total. The van der Waals surface area contributed by atoms with Crippen LogP contribution in [0.1, 0.15) is 82.2 Å². The summed E-state index contributed by atoms with van der Waals surface area (Å²) in [4.78, 5) is 5.26. The van der Waals surface area contributed by atoms with Gasteiger partial charge in [-0.2, -0.15) is 0 Å². The largest absolute Gasteiger partial charge is 0.454 e. The van der Waals surface area contributed by atoms with Gasteiger partial charge in [0, 0.05) is 38.8 Å². The second kappa shape index (κ2) is 9.80. The molecular weight excluding hydrogens is 631 g/mol. The molecule has 1 aromatic heterocycles. The minimum atomic E-state index is -0.159. The average Bonchev–Trinajstić information content (AvgIpc) is 3.52. The summed E-state index contributed by atoms with van der Waals surface area (Å²) < 4.78 is 6.97. The predicted octanol–water partition coefficient (Wildman–Crippen LogP) is 11.6. The van der Waals surface area contributed by atoms with Gasteiger partial charge in [-0.3, -0.25) is 0 Å². The van der Waals surface area contributed by atoms with Crippen LogP contribution in [0.4, 0.5) is 28.4 Å². The van der Waals surface area contributed by atoms with E-state index in [-0.39, 0.29) is 23.1 Å². The maximum Gasteiger partial charge on any atom is 0.333 e. The van der Waals surface area contributed by atoms with Crippen LogP contribution in [0.25, 0.3) is 33.1 Å². The zero-order valence-corrected chi connectivity index (χ0v) is 31.2. The van der Waals surface area contributed by atoms with Crippen LogP contribution in [0.2, 0.25) is 0 Å². The molecule has 3 aliphatic heterocycles. The van der Waals surface area contributed by atoms with Crippen molar-refractivity contribution in [3.63, 3.8) is 0 Å². The third-order valence-corrected chi connectivity index (χ3v) is 13.3. The number of fused-ring (bicyclic) bond motifs is 11. The summed E-state index contributed by atoms with van der Waals surface area (Å²) in [5.41, 5.74) is 20.4. The number of aryl methyl sites for hydroxylation is 1. The minimum absolute atomic E-state index is 0.0538.